The van der Waals surface area contributed by atoms with E-state index in [1.807, 2.05) is 39.0 Å². The Balaban J connectivity index is 1.89. The van der Waals surface area contributed by atoms with Crippen molar-refractivity contribution in [2.75, 3.05) is 20.8 Å². The van der Waals surface area contributed by atoms with Gasteiger partial charge >= 0.3 is 5.69 Å². The van der Waals surface area contributed by atoms with Gasteiger partial charge in [0.15, 0.2) is 5.65 Å². The molecule has 1 atom stereocenters. The first-order chi connectivity index (χ1) is 16.8. The molecule has 9 nitrogen and oxygen atoms in total. The second kappa shape index (κ2) is 9.93. The highest BCUT2D eigenvalue weighted by molar-refractivity contribution is 6.05. The summed E-state index contributed by atoms with van der Waals surface area (Å²) in [5, 5.41) is 0.153. The minimum Gasteiger partial charge on any atom is -0.497 e. The van der Waals surface area contributed by atoms with Gasteiger partial charge in [-0.15, -0.1) is 0 Å². The summed E-state index contributed by atoms with van der Waals surface area (Å²) in [4.78, 5) is 48.4. The number of likely N-dealkylation sites (tertiary alicyclic amines) is 1. The van der Waals surface area contributed by atoms with Crippen LogP contribution in [-0.2, 0) is 6.54 Å². The predicted molar refractivity (Wildman–Crippen MR) is 134 cm³/mol. The topological polar surface area (TPSA) is 107 Å². The molecule has 1 fully saturated rings. The lowest BCUT2D eigenvalue weighted by molar-refractivity contribution is 0.0736. The van der Waals surface area contributed by atoms with Crippen molar-refractivity contribution in [1.82, 2.24) is 19.4 Å². The summed E-state index contributed by atoms with van der Waals surface area (Å²) in [6, 6.07) is 7.07. The molecule has 1 unspecified atom stereocenters. The molecular weight excluding hydrogens is 448 g/mol. The number of carbonyl (C=O) groups is 1. The Morgan fingerprint density at radius 1 is 1.20 bits per heavy atom. The number of methoxy groups -OCH3 is 2. The summed E-state index contributed by atoms with van der Waals surface area (Å²) in [6.45, 7) is 6.83. The lowest BCUT2D eigenvalue weighted by Crippen LogP contribution is -2.35. The fraction of sp³-hybridized carbons (Fsp3) is 0.462. The monoisotopic (exact) mass is 480 g/mol. The van der Waals surface area contributed by atoms with Crippen LogP contribution >= 0.6 is 0 Å². The molecule has 1 N–H and O–H groups in total. The normalized spacial score (nSPS) is 15.7. The van der Waals surface area contributed by atoms with Gasteiger partial charge < -0.3 is 14.4 Å². The lowest BCUT2D eigenvalue weighted by Gasteiger charge is -2.27. The summed E-state index contributed by atoms with van der Waals surface area (Å²) in [7, 11) is 3.19. The molecular formula is C26H32N4O5. The van der Waals surface area contributed by atoms with E-state index in [2.05, 4.69) is 9.97 Å². The van der Waals surface area contributed by atoms with Gasteiger partial charge in [0, 0.05) is 30.4 Å². The number of hydrogen-bond acceptors (Lipinski definition) is 6. The van der Waals surface area contributed by atoms with E-state index in [-0.39, 0.29) is 34.5 Å². The Kier molecular flexibility index (Phi) is 6.95. The van der Waals surface area contributed by atoms with Crippen LogP contribution in [0.1, 0.15) is 73.6 Å². The summed E-state index contributed by atoms with van der Waals surface area (Å²) < 4.78 is 12.4. The molecule has 9 heteroatoms. The molecule has 1 amide bonds. The first-order valence-electron chi connectivity index (χ1n) is 12.0. The van der Waals surface area contributed by atoms with Crippen LogP contribution in [0.5, 0.6) is 11.5 Å². The number of carbonyl (C=O) groups excluding carboxylic acids is 1. The molecule has 3 heterocycles. The van der Waals surface area contributed by atoms with Gasteiger partial charge in [-0.25, -0.2) is 9.78 Å². The number of ether oxygens (including phenoxy) is 2. The average Bonchev–Trinajstić information content (AvgIpc) is 3.34. The van der Waals surface area contributed by atoms with E-state index in [0.717, 1.165) is 18.4 Å². The van der Waals surface area contributed by atoms with Crippen molar-refractivity contribution in [1.29, 1.82) is 0 Å². The number of nitrogens with one attached hydrogen (secondary N) is 1. The number of nitrogens with zero attached hydrogens (tertiary/aromatic N) is 3. The molecule has 1 aromatic carbocycles. The minimum absolute atomic E-state index is 0.00599. The molecule has 186 valence electrons. The largest absolute Gasteiger partial charge is 0.497 e. The van der Waals surface area contributed by atoms with E-state index in [0.29, 0.717) is 36.7 Å². The number of aromatic nitrogens is 3. The van der Waals surface area contributed by atoms with Crippen LogP contribution in [0.15, 0.2) is 33.9 Å². The first-order valence-corrected chi connectivity index (χ1v) is 12.0. The van der Waals surface area contributed by atoms with Gasteiger partial charge in [0.2, 0.25) is 0 Å². The van der Waals surface area contributed by atoms with Crippen molar-refractivity contribution in [3.05, 3.63) is 61.9 Å². The fourth-order valence-corrected chi connectivity index (χ4v) is 4.77. The molecule has 4 rings (SSSR count). The zero-order valence-corrected chi connectivity index (χ0v) is 20.9. The lowest BCUT2D eigenvalue weighted by atomic mass is 10.0. The van der Waals surface area contributed by atoms with Crippen LogP contribution in [0.4, 0.5) is 0 Å². The van der Waals surface area contributed by atoms with E-state index >= 15 is 0 Å². The average molecular weight is 481 g/mol. The minimum atomic E-state index is -0.596. The Hall–Kier alpha value is -3.62. The maximum atomic E-state index is 14.0. The summed E-state index contributed by atoms with van der Waals surface area (Å²) in [6.07, 6.45) is 2.28. The zero-order chi connectivity index (χ0) is 25.3. The summed E-state index contributed by atoms with van der Waals surface area (Å²) >= 11 is 0. The molecule has 2 aromatic heterocycles. The third kappa shape index (κ3) is 4.42. The molecule has 0 radical (unpaired) electrons. The van der Waals surface area contributed by atoms with Gasteiger partial charge in [-0.05, 0) is 43.4 Å². The van der Waals surface area contributed by atoms with Crippen molar-refractivity contribution < 1.29 is 14.3 Å². The standard InChI is InChI=1S/C26H32N4O5/c1-6-11-30-23-22(24(31)28-26(30)33)18(14-19(27-23)15(2)3)25(32)29-12-7-8-20(29)17-10-9-16(34-4)13-21(17)35-5/h9-10,13-15,20H,6-8,11-12H2,1-5H3,(H,28,31,33). The van der Waals surface area contributed by atoms with Gasteiger partial charge in [0.1, 0.15) is 11.5 Å². The van der Waals surface area contributed by atoms with Crippen LogP contribution in [-0.4, -0.2) is 46.1 Å². The van der Waals surface area contributed by atoms with Gasteiger partial charge in [0.25, 0.3) is 11.5 Å². The summed E-state index contributed by atoms with van der Waals surface area (Å²) in [5.74, 6) is 1.06. The second-order valence-electron chi connectivity index (χ2n) is 9.12. The van der Waals surface area contributed by atoms with E-state index in [4.69, 9.17) is 9.47 Å². The molecule has 0 spiro atoms. The number of rotatable bonds is 7. The molecule has 1 aliphatic heterocycles. The fourth-order valence-electron chi connectivity index (χ4n) is 4.77. The van der Waals surface area contributed by atoms with Crippen LogP contribution < -0.4 is 20.7 Å². The molecule has 0 saturated carbocycles. The SMILES string of the molecule is CCCn1c(=O)[nH]c(=O)c2c(C(=O)N3CCCC3c3ccc(OC)cc3OC)cc(C(C)C)nc21. The van der Waals surface area contributed by atoms with Crippen LogP contribution in [0.2, 0.25) is 0 Å². The predicted octanol–water partition coefficient (Wildman–Crippen LogP) is 3.61. The zero-order valence-electron chi connectivity index (χ0n) is 20.9. The number of H-pyrrole nitrogens is 1. The van der Waals surface area contributed by atoms with Gasteiger partial charge in [-0.2, -0.15) is 0 Å². The molecule has 0 bridgehead atoms. The number of benzene rings is 1. The molecule has 35 heavy (non-hydrogen) atoms. The summed E-state index contributed by atoms with van der Waals surface area (Å²) in [5.41, 5.74) is 0.962. The van der Waals surface area contributed by atoms with E-state index < -0.39 is 11.2 Å². The number of aryl methyl sites for hydroxylation is 1. The molecule has 1 saturated heterocycles. The Morgan fingerprint density at radius 3 is 2.63 bits per heavy atom. The Morgan fingerprint density at radius 2 is 1.97 bits per heavy atom. The van der Waals surface area contributed by atoms with E-state index in [1.54, 1.807) is 25.2 Å². The van der Waals surface area contributed by atoms with Crippen molar-refractivity contribution in [2.45, 2.75) is 58.5 Å². The Bertz CT molecular complexity index is 1370. The third-order valence-electron chi connectivity index (χ3n) is 6.55. The second-order valence-corrected chi connectivity index (χ2v) is 9.12. The quantitative estimate of drug-likeness (QED) is 0.554. The number of aromatic amines is 1. The molecule has 0 aliphatic carbocycles. The maximum absolute atomic E-state index is 14.0. The van der Waals surface area contributed by atoms with E-state index in [9.17, 15) is 14.4 Å². The van der Waals surface area contributed by atoms with Crippen molar-refractivity contribution in [3.63, 3.8) is 0 Å². The van der Waals surface area contributed by atoms with Gasteiger partial charge in [0.05, 0.1) is 31.2 Å². The highest BCUT2D eigenvalue weighted by atomic mass is 16.5. The van der Waals surface area contributed by atoms with Crippen LogP contribution in [0.3, 0.4) is 0 Å². The first kappa shape index (κ1) is 24.5. The maximum Gasteiger partial charge on any atom is 0.329 e. The van der Waals surface area contributed by atoms with Gasteiger partial charge in [-0.1, -0.05) is 20.8 Å². The van der Waals surface area contributed by atoms with Crippen molar-refractivity contribution >= 4 is 16.9 Å². The van der Waals surface area contributed by atoms with E-state index in [1.165, 1.54) is 4.57 Å². The number of amides is 1. The number of fused-ring (bicyclic) bond motifs is 1. The number of hydrogen-bond donors (Lipinski definition) is 1. The van der Waals surface area contributed by atoms with Crippen molar-refractivity contribution in [3.8, 4) is 11.5 Å². The molecule has 3 aromatic rings. The Labute approximate surface area is 203 Å². The third-order valence-corrected chi connectivity index (χ3v) is 6.55. The smallest absolute Gasteiger partial charge is 0.329 e. The van der Waals surface area contributed by atoms with Crippen LogP contribution in [0.25, 0.3) is 11.0 Å². The number of pyridine rings is 1. The van der Waals surface area contributed by atoms with Crippen molar-refractivity contribution in [2.24, 2.45) is 0 Å². The highest BCUT2D eigenvalue weighted by Crippen LogP contribution is 2.39. The highest BCUT2D eigenvalue weighted by Gasteiger charge is 2.34. The van der Waals surface area contributed by atoms with Gasteiger partial charge in [-0.3, -0.25) is 19.1 Å². The van der Waals surface area contributed by atoms with Crippen LogP contribution in [0, 0.1) is 0 Å². The molecule has 1 aliphatic rings.